The number of ether oxygens (including phenoxy) is 2. The summed E-state index contributed by atoms with van der Waals surface area (Å²) in [5.74, 6) is 1.56. The molecule has 0 aliphatic carbocycles. The van der Waals surface area contributed by atoms with Crippen LogP contribution < -0.4 is 14.8 Å². The molecule has 0 spiro atoms. The highest BCUT2D eigenvalue weighted by Crippen LogP contribution is 2.18. The first-order chi connectivity index (χ1) is 12.6. The van der Waals surface area contributed by atoms with Crippen LogP contribution in [0.2, 0.25) is 0 Å². The average molecular weight is 421 g/mol. The Bertz CT molecular complexity index is 692. The second-order valence-corrected chi connectivity index (χ2v) is 6.72. The Morgan fingerprint density at radius 3 is 2.38 bits per heavy atom. The second-order valence-electron chi connectivity index (χ2n) is 5.87. The summed E-state index contributed by atoms with van der Waals surface area (Å²) in [7, 11) is 1.93. The molecule has 1 N–H and O–H groups in total. The molecular weight excluding hydrogens is 396 g/mol. The molecule has 0 radical (unpaired) electrons. The maximum atomic E-state index is 12.0. The van der Waals surface area contributed by atoms with Gasteiger partial charge in [0.2, 0.25) is 5.91 Å². The highest BCUT2D eigenvalue weighted by molar-refractivity contribution is 9.10. The van der Waals surface area contributed by atoms with Crippen molar-refractivity contribution in [1.29, 1.82) is 0 Å². The predicted molar refractivity (Wildman–Crippen MR) is 107 cm³/mol. The smallest absolute Gasteiger partial charge is 0.234 e. The summed E-state index contributed by atoms with van der Waals surface area (Å²) in [5.41, 5.74) is 1.15. The van der Waals surface area contributed by atoms with E-state index in [0.29, 0.717) is 32.8 Å². The monoisotopic (exact) mass is 420 g/mol. The van der Waals surface area contributed by atoms with Crippen LogP contribution in [0.3, 0.4) is 0 Å². The van der Waals surface area contributed by atoms with E-state index in [1.807, 2.05) is 67.4 Å². The SMILES string of the molecule is CCOc1ccc(OCCNC(=O)CN(C)Cc2ccccc2Br)cc1. The van der Waals surface area contributed by atoms with Crippen LogP contribution in [0.4, 0.5) is 0 Å². The lowest BCUT2D eigenvalue weighted by atomic mass is 10.2. The Balaban J connectivity index is 1.64. The largest absolute Gasteiger partial charge is 0.494 e. The topological polar surface area (TPSA) is 50.8 Å². The quantitative estimate of drug-likeness (QED) is 0.597. The van der Waals surface area contributed by atoms with Crippen LogP contribution in [0.15, 0.2) is 53.0 Å². The molecule has 5 nitrogen and oxygen atoms in total. The molecule has 0 fully saturated rings. The third-order valence-electron chi connectivity index (χ3n) is 3.64. The van der Waals surface area contributed by atoms with Crippen molar-refractivity contribution in [2.24, 2.45) is 0 Å². The maximum absolute atomic E-state index is 12.0. The minimum atomic E-state index is -0.0187. The van der Waals surface area contributed by atoms with Crippen LogP contribution in [0.5, 0.6) is 11.5 Å². The Labute approximate surface area is 163 Å². The summed E-state index contributed by atoms with van der Waals surface area (Å²) in [6, 6.07) is 15.5. The van der Waals surface area contributed by atoms with Gasteiger partial charge in [0.1, 0.15) is 18.1 Å². The zero-order valence-corrected chi connectivity index (χ0v) is 16.8. The third-order valence-corrected chi connectivity index (χ3v) is 4.41. The van der Waals surface area contributed by atoms with Gasteiger partial charge in [-0.3, -0.25) is 9.69 Å². The molecule has 140 valence electrons. The number of carbonyl (C=O) groups excluding carboxylic acids is 1. The lowest BCUT2D eigenvalue weighted by Crippen LogP contribution is -2.36. The van der Waals surface area contributed by atoms with E-state index in [1.165, 1.54) is 0 Å². The van der Waals surface area contributed by atoms with Gasteiger partial charge in [-0.05, 0) is 49.9 Å². The molecule has 2 aromatic carbocycles. The molecule has 2 aromatic rings. The first-order valence-corrected chi connectivity index (χ1v) is 9.42. The highest BCUT2D eigenvalue weighted by Gasteiger charge is 2.08. The zero-order valence-electron chi connectivity index (χ0n) is 15.2. The molecule has 2 rings (SSSR count). The summed E-state index contributed by atoms with van der Waals surface area (Å²) >= 11 is 3.53. The van der Waals surface area contributed by atoms with E-state index in [2.05, 4.69) is 21.2 Å². The summed E-state index contributed by atoms with van der Waals surface area (Å²) < 4.78 is 12.1. The normalized spacial score (nSPS) is 10.6. The van der Waals surface area contributed by atoms with Crippen molar-refractivity contribution in [1.82, 2.24) is 10.2 Å². The zero-order chi connectivity index (χ0) is 18.8. The van der Waals surface area contributed by atoms with E-state index >= 15 is 0 Å². The first-order valence-electron chi connectivity index (χ1n) is 8.62. The van der Waals surface area contributed by atoms with E-state index in [9.17, 15) is 4.79 Å². The molecule has 1 amide bonds. The Kier molecular flexibility index (Phi) is 8.44. The average Bonchev–Trinajstić information content (AvgIpc) is 2.62. The van der Waals surface area contributed by atoms with Gasteiger partial charge < -0.3 is 14.8 Å². The number of hydrogen-bond donors (Lipinski definition) is 1. The molecule has 26 heavy (non-hydrogen) atoms. The lowest BCUT2D eigenvalue weighted by Gasteiger charge is -2.17. The predicted octanol–water partition coefficient (Wildman–Crippen LogP) is 3.47. The van der Waals surface area contributed by atoms with Crippen LogP contribution in [-0.4, -0.2) is 44.2 Å². The van der Waals surface area contributed by atoms with Crippen molar-refractivity contribution in [2.75, 3.05) is 33.4 Å². The number of amides is 1. The number of likely N-dealkylation sites (N-methyl/N-ethyl adjacent to an activating group) is 1. The number of hydrogen-bond acceptors (Lipinski definition) is 4. The van der Waals surface area contributed by atoms with Crippen LogP contribution in [0, 0.1) is 0 Å². The van der Waals surface area contributed by atoms with E-state index in [-0.39, 0.29) is 5.91 Å². The number of rotatable bonds is 10. The van der Waals surface area contributed by atoms with Crippen molar-refractivity contribution in [3.8, 4) is 11.5 Å². The molecule has 0 aliphatic heterocycles. The summed E-state index contributed by atoms with van der Waals surface area (Å²) in [5, 5.41) is 2.87. The van der Waals surface area contributed by atoms with Gasteiger partial charge in [0, 0.05) is 11.0 Å². The molecule has 0 saturated carbocycles. The fraction of sp³-hybridized carbons (Fsp3) is 0.350. The minimum absolute atomic E-state index is 0.0187. The third kappa shape index (κ3) is 7.06. The fourth-order valence-electron chi connectivity index (χ4n) is 2.43. The standard InChI is InChI=1S/C20H25BrN2O3/c1-3-25-17-8-10-18(11-9-17)26-13-12-22-20(24)15-23(2)14-16-6-4-5-7-19(16)21/h4-11H,3,12-15H2,1-2H3,(H,22,24). The van der Waals surface area contributed by atoms with Crippen LogP contribution in [-0.2, 0) is 11.3 Å². The molecule has 0 unspecified atom stereocenters. The molecule has 0 heterocycles. The number of nitrogens with one attached hydrogen (secondary N) is 1. The molecule has 6 heteroatoms. The maximum Gasteiger partial charge on any atom is 0.234 e. The molecule has 0 saturated heterocycles. The number of nitrogens with zero attached hydrogens (tertiary/aromatic N) is 1. The Morgan fingerprint density at radius 2 is 1.73 bits per heavy atom. The van der Waals surface area contributed by atoms with Gasteiger partial charge in [0.15, 0.2) is 0 Å². The second kappa shape index (κ2) is 10.8. The Hall–Kier alpha value is -2.05. The Morgan fingerprint density at radius 1 is 1.08 bits per heavy atom. The number of benzene rings is 2. The lowest BCUT2D eigenvalue weighted by molar-refractivity contribution is -0.122. The summed E-state index contributed by atoms with van der Waals surface area (Å²) in [4.78, 5) is 14.0. The van der Waals surface area contributed by atoms with Gasteiger partial charge in [-0.25, -0.2) is 0 Å². The first kappa shape index (κ1) is 20.3. The fourth-order valence-corrected chi connectivity index (χ4v) is 2.84. The minimum Gasteiger partial charge on any atom is -0.494 e. The van der Waals surface area contributed by atoms with E-state index in [1.54, 1.807) is 0 Å². The highest BCUT2D eigenvalue weighted by atomic mass is 79.9. The van der Waals surface area contributed by atoms with Gasteiger partial charge >= 0.3 is 0 Å². The van der Waals surface area contributed by atoms with E-state index in [4.69, 9.17) is 9.47 Å². The van der Waals surface area contributed by atoms with Crippen molar-refractivity contribution in [3.05, 3.63) is 58.6 Å². The van der Waals surface area contributed by atoms with Crippen molar-refractivity contribution < 1.29 is 14.3 Å². The summed E-state index contributed by atoms with van der Waals surface area (Å²) in [6.45, 7) is 4.52. The van der Waals surface area contributed by atoms with E-state index in [0.717, 1.165) is 21.5 Å². The molecular formula is C20H25BrN2O3. The van der Waals surface area contributed by atoms with Gasteiger partial charge in [-0.15, -0.1) is 0 Å². The molecule has 0 aromatic heterocycles. The number of carbonyl (C=O) groups is 1. The van der Waals surface area contributed by atoms with Gasteiger partial charge in [-0.2, -0.15) is 0 Å². The van der Waals surface area contributed by atoms with Crippen molar-refractivity contribution in [2.45, 2.75) is 13.5 Å². The van der Waals surface area contributed by atoms with E-state index < -0.39 is 0 Å². The number of halogens is 1. The van der Waals surface area contributed by atoms with Gasteiger partial charge in [0.25, 0.3) is 0 Å². The van der Waals surface area contributed by atoms with Crippen LogP contribution in [0.1, 0.15) is 12.5 Å². The molecule has 0 atom stereocenters. The van der Waals surface area contributed by atoms with Crippen molar-refractivity contribution >= 4 is 21.8 Å². The molecule has 0 bridgehead atoms. The van der Waals surface area contributed by atoms with Crippen LogP contribution >= 0.6 is 15.9 Å². The van der Waals surface area contributed by atoms with Crippen molar-refractivity contribution in [3.63, 3.8) is 0 Å². The molecule has 0 aliphatic rings. The van der Waals surface area contributed by atoms with Gasteiger partial charge in [0.05, 0.1) is 19.7 Å². The summed E-state index contributed by atoms with van der Waals surface area (Å²) in [6.07, 6.45) is 0. The van der Waals surface area contributed by atoms with Crippen LogP contribution in [0.25, 0.3) is 0 Å². The van der Waals surface area contributed by atoms with Gasteiger partial charge in [-0.1, -0.05) is 34.1 Å².